The highest BCUT2D eigenvalue weighted by molar-refractivity contribution is 7.14. The SMILES string of the molecule is CCCCNc1nc(-c2c[nH]c3ccccc23)cs1. The fourth-order valence-electron chi connectivity index (χ4n) is 2.13. The molecule has 4 heteroatoms. The Morgan fingerprint density at radius 1 is 1.32 bits per heavy atom. The van der Waals surface area contributed by atoms with Crippen molar-refractivity contribution in [1.82, 2.24) is 9.97 Å². The molecule has 2 heterocycles. The van der Waals surface area contributed by atoms with Crippen molar-refractivity contribution < 1.29 is 0 Å². The predicted octanol–water partition coefficient (Wildman–Crippen LogP) is 4.50. The highest BCUT2D eigenvalue weighted by Crippen LogP contribution is 2.30. The minimum absolute atomic E-state index is 0.997. The molecule has 0 saturated carbocycles. The minimum Gasteiger partial charge on any atom is -0.362 e. The van der Waals surface area contributed by atoms with Crippen molar-refractivity contribution in [3.63, 3.8) is 0 Å². The van der Waals surface area contributed by atoms with Gasteiger partial charge in [-0.2, -0.15) is 0 Å². The van der Waals surface area contributed by atoms with Crippen LogP contribution >= 0.6 is 11.3 Å². The molecule has 0 aliphatic carbocycles. The van der Waals surface area contributed by atoms with Crippen molar-refractivity contribution in [2.75, 3.05) is 11.9 Å². The lowest BCUT2D eigenvalue weighted by molar-refractivity contribution is 0.833. The minimum atomic E-state index is 0.997. The van der Waals surface area contributed by atoms with Gasteiger partial charge in [-0.1, -0.05) is 31.5 Å². The first kappa shape index (κ1) is 12.2. The van der Waals surface area contributed by atoms with Crippen LogP contribution < -0.4 is 5.32 Å². The van der Waals surface area contributed by atoms with Gasteiger partial charge in [0.25, 0.3) is 0 Å². The fourth-order valence-corrected chi connectivity index (χ4v) is 2.87. The Labute approximate surface area is 116 Å². The molecule has 2 N–H and O–H groups in total. The van der Waals surface area contributed by atoms with Gasteiger partial charge in [-0.05, 0) is 12.5 Å². The highest BCUT2D eigenvalue weighted by Gasteiger charge is 2.09. The Bertz CT molecular complexity index is 669. The fraction of sp³-hybridized carbons (Fsp3) is 0.267. The molecule has 0 atom stereocenters. The lowest BCUT2D eigenvalue weighted by Gasteiger charge is -1.99. The second-order valence-electron chi connectivity index (χ2n) is 4.57. The van der Waals surface area contributed by atoms with E-state index in [0.717, 1.165) is 22.9 Å². The van der Waals surface area contributed by atoms with Crippen LogP contribution in [0.4, 0.5) is 5.13 Å². The van der Waals surface area contributed by atoms with Crippen molar-refractivity contribution >= 4 is 27.4 Å². The zero-order valence-electron chi connectivity index (χ0n) is 10.9. The predicted molar refractivity (Wildman–Crippen MR) is 82.8 cm³/mol. The van der Waals surface area contributed by atoms with Crippen molar-refractivity contribution in [2.24, 2.45) is 0 Å². The first-order valence-electron chi connectivity index (χ1n) is 6.64. The molecule has 19 heavy (non-hydrogen) atoms. The molecule has 0 bridgehead atoms. The molecule has 98 valence electrons. The summed E-state index contributed by atoms with van der Waals surface area (Å²) in [6, 6.07) is 8.32. The van der Waals surface area contributed by atoms with Crippen LogP contribution in [-0.4, -0.2) is 16.5 Å². The van der Waals surface area contributed by atoms with Crippen LogP contribution in [0.25, 0.3) is 22.2 Å². The lowest BCUT2D eigenvalue weighted by atomic mass is 10.1. The van der Waals surface area contributed by atoms with Gasteiger partial charge in [-0.15, -0.1) is 11.3 Å². The van der Waals surface area contributed by atoms with E-state index in [2.05, 4.69) is 45.8 Å². The topological polar surface area (TPSA) is 40.7 Å². The zero-order chi connectivity index (χ0) is 13.1. The quantitative estimate of drug-likeness (QED) is 0.671. The van der Waals surface area contributed by atoms with Gasteiger partial charge in [0.2, 0.25) is 0 Å². The van der Waals surface area contributed by atoms with Crippen LogP contribution in [0.1, 0.15) is 19.8 Å². The second kappa shape index (κ2) is 5.45. The molecule has 2 aromatic heterocycles. The molecular formula is C15H17N3S. The Hall–Kier alpha value is -1.81. The first-order valence-corrected chi connectivity index (χ1v) is 7.52. The number of para-hydroxylation sites is 1. The third kappa shape index (κ3) is 2.49. The van der Waals surface area contributed by atoms with Gasteiger partial charge in [0.05, 0.1) is 5.69 Å². The van der Waals surface area contributed by atoms with E-state index in [4.69, 9.17) is 0 Å². The number of H-pyrrole nitrogens is 1. The molecule has 3 aromatic rings. The number of nitrogens with zero attached hydrogens (tertiary/aromatic N) is 1. The van der Waals surface area contributed by atoms with E-state index in [9.17, 15) is 0 Å². The number of fused-ring (bicyclic) bond motifs is 1. The largest absolute Gasteiger partial charge is 0.362 e. The number of aromatic nitrogens is 2. The van der Waals surface area contributed by atoms with Gasteiger partial charge in [-0.3, -0.25) is 0 Å². The van der Waals surface area contributed by atoms with Crippen molar-refractivity contribution in [2.45, 2.75) is 19.8 Å². The standard InChI is InChI=1S/C15H17N3S/c1-2-3-8-16-15-18-14(10-19-15)12-9-17-13-7-5-4-6-11(12)13/h4-7,9-10,17H,2-3,8H2,1H3,(H,16,18). The van der Waals surface area contributed by atoms with Gasteiger partial charge >= 0.3 is 0 Å². The van der Waals surface area contributed by atoms with Gasteiger partial charge in [0.15, 0.2) is 5.13 Å². The molecule has 0 fully saturated rings. The molecule has 3 rings (SSSR count). The third-order valence-corrected chi connectivity index (χ3v) is 3.98. The zero-order valence-corrected chi connectivity index (χ0v) is 11.8. The van der Waals surface area contributed by atoms with Crippen LogP contribution in [0.5, 0.6) is 0 Å². The van der Waals surface area contributed by atoms with Crippen molar-refractivity contribution in [1.29, 1.82) is 0 Å². The van der Waals surface area contributed by atoms with E-state index >= 15 is 0 Å². The number of unbranched alkanes of at least 4 members (excludes halogenated alkanes) is 1. The van der Waals surface area contributed by atoms with Gasteiger partial charge in [0.1, 0.15) is 0 Å². The Balaban J connectivity index is 1.86. The summed E-state index contributed by atoms with van der Waals surface area (Å²) in [5.41, 5.74) is 3.38. The monoisotopic (exact) mass is 271 g/mol. The van der Waals surface area contributed by atoms with Crippen LogP contribution in [0.15, 0.2) is 35.8 Å². The maximum Gasteiger partial charge on any atom is 0.183 e. The van der Waals surface area contributed by atoms with Crippen LogP contribution in [0.2, 0.25) is 0 Å². The summed E-state index contributed by atoms with van der Waals surface area (Å²) in [4.78, 5) is 7.95. The number of nitrogens with one attached hydrogen (secondary N) is 2. The molecule has 0 aliphatic rings. The van der Waals surface area contributed by atoms with Crippen LogP contribution in [0.3, 0.4) is 0 Å². The van der Waals surface area contributed by atoms with Gasteiger partial charge < -0.3 is 10.3 Å². The Morgan fingerprint density at radius 3 is 3.11 bits per heavy atom. The number of rotatable bonds is 5. The van der Waals surface area contributed by atoms with E-state index < -0.39 is 0 Å². The Morgan fingerprint density at radius 2 is 2.21 bits per heavy atom. The third-order valence-electron chi connectivity index (χ3n) is 3.18. The summed E-state index contributed by atoms with van der Waals surface area (Å²) in [6.07, 6.45) is 4.42. The molecule has 0 amide bonds. The normalized spacial score (nSPS) is 11.0. The molecule has 0 aliphatic heterocycles. The molecule has 3 nitrogen and oxygen atoms in total. The van der Waals surface area contributed by atoms with Crippen LogP contribution in [-0.2, 0) is 0 Å². The highest BCUT2D eigenvalue weighted by atomic mass is 32.1. The van der Waals surface area contributed by atoms with Crippen molar-refractivity contribution in [3.05, 3.63) is 35.8 Å². The summed E-state index contributed by atoms with van der Waals surface area (Å²) < 4.78 is 0. The Kier molecular flexibility index (Phi) is 3.51. The average molecular weight is 271 g/mol. The molecular weight excluding hydrogens is 254 g/mol. The molecule has 0 unspecified atom stereocenters. The molecule has 0 spiro atoms. The first-order chi connectivity index (χ1) is 9.38. The second-order valence-corrected chi connectivity index (χ2v) is 5.42. The van der Waals surface area contributed by atoms with E-state index in [0.29, 0.717) is 0 Å². The number of aromatic amines is 1. The summed E-state index contributed by atoms with van der Waals surface area (Å²) >= 11 is 1.67. The van der Waals surface area contributed by atoms with Crippen LogP contribution in [0, 0.1) is 0 Å². The number of thiazole rings is 1. The maximum atomic E-state index is 4.66. The van der Waals surface area contributed by atoms with E-state index in [-0.39, 0.29) is 0 Å². The smallest absolute Gasteiger partial charge is 0.183 e. The van der Waals surface area contributed by atoms with E-state index in [1.165, 1.54) is 23.8 Å². The number of anilines is 1. The summed E-state index contributed by atoms with van der Waals surface area (Å²) in [5, 5.41) is 7.73. The maximum absolute atomic E-state index is 4.66. The summed E-state index contributed by atoms with van der Waals surface area (Å²) in [5.74, 6) is 0. The molecule has 0 saturated heterocycles. The van der Waals surface area contributed by atoms with Crippen molar-refractivity contribution in [3.8, 4) is 11.3 Å². The number of benzene rings is 1. The molecule has 0 radical (unpaired) electrons. The molecule has 1 aromatic carbocycles. The van der Waals surface area contributed by atoms with Gasteiger partial charge in [0, 0.05) is 34.6 Å². The average Bonchev–Trinajstić information content (AvgIpc) is 3.05. The summed E-state index contributed by atoms with van der Waals surface area (Å²) in [6.45, 7) is 3.19. The number of hydrogen-bond acceptors (Lipinski definition) is 3. The van der Waals surface area contributed by atoms with Gasteiger partial charge in [-0.25, -0.2) is 4.98 Å². The lowest BCUT2D eigenvalue weighted by Crippen LogP contribution is -1.99. The van der Waals surface area contributed by atoms with E-state index in [1.807, 2.05) is 12.3 Å². The number of hydrogen-bond donors (Lipinski definition) is 2. The van der Waals surface area contributed by atoms with E-state index in [1.54, 1.807) is 11.3 Å². The summed E-state index contributed by atoms with van der Waals surface area (Å²) in [7, 11) is 0.